The van der Waals surface area contributed by atoms with E-state index in [1.54, 1.807) is 0 Å². The number of benzene rings is 1. The summed E-state index contributed by atoms with van der Waals surface area (Å²) in [7, 11) is 0. The highest BCUT2D eigenvalue weighted by molar-refractivity contribution is 5.77. The molecule has 1 aromatic rings. The Kier molecular flexibility index (Phi) is 7.86. The number of nitrogens with zero attached hydrogens (tertiary/aromatic N) is 2. The zero-order valence-corrected chi connectivity index (χ0v) is 17.4. The third-order valence-corrected chi connectivity index (χ3v) is 6.11. The molecular formula is C23H35FN2O2. The molecule has 2 aliphatic rings. The van der Waals surface area contributed by atoms with Gasteiger partial charge in [0.25, 0.3) is 0 Å². The third kappa shape index (κ3) is 6.28. The number of carbonyl (C=O) groups excluding carboxylic acids is 1. The summed E-state index contributed by atoms with van der Waals surface area (Å²) in [6, 6.07) is 6.68. The summed E-state index contributed by atoms with van der Waals surface area (Å²) >= 11 is 0. The molecule has 1 unspecified atom stereocenters. The molecule has 2 fully saturated rings. The number of carbonyl (C=O) groups is 1. The highest BCUT2D eigenvalue weighted by atomic mass is 19.1. The fourth-order valence-electron chi connectivity index (χ4n) is 4.49. The fraction of sp³-hybridized carbons (Fsp3) is 0.696. The van der Waals surface area contributed by atoms with Crippen molar-refractivity contribution in [1.82, 2.24) is 9.80 Å². The molecular weight excluding hydrogens is 355 g/mol. The van der Waals surface area contributed by atoms with Gasteiger partial charge in [0.05, 0.1) is 13.2 Å². The lowest BCUT2D eigenvalue weighted by atomic mass is 9.87. The quantitative estimate of drug-likeness (QED) is 0.708. The Balaban J connectivity index is 1.50. The number of morpholine rings is 1. The van der Waals surface area contributed by atoms with Gasteiger partial charge >= 0.3 is 0 Å². The van der Waals surface area contributed by atoms with Crippen LogP contribution >= 0.6 is 0 Å². The average molecular weight is 391 g/mol. The van der Waals surface area contributed by atoms with Crippen molar-refractivity contribution in [1.29, 1.82) is 0 Å². The molecule has 0 saturated carbocycles. The van der Waals surface area contributed by atoms with E-state index in [1.165, 1.54) is 12.1 Å². The van der Waals surface area contributed by atoms with Crippen molar-refractivity contribution >= 4 is 5.91 Å². The third-order valence-electron chi connectivity index (χ3n) is 6.11. The van der Waals surface area contributed by atoms with Crippen molar-refractivity contribution in [3.8, 4) is 0 Å². The number of ether oxygens (including phenoxy) is 1. The van der Waals surface area contributed by atoms with E-state index in [4.69, 9.17) is 4.74 Å². The second kappa shape index (κ2) is 10.4. The molecule has 4 nitrogen and oxygen atoms in total. The lowest BCUT2D eigenvalue weighted by molar-refractivity contribution is -0.133. The summed E-state index contributed by atoms with van der Waals surface area (Å²) in [4.78, 5) is 17.5. The lowest BCUT2D eigenvalue weighted by Crippen LogP contribution is -2.44. The Morgan fingerprint density at radius 2 is 1.75 bits per heavy atom. The molecule has 1 atom stereocenters. The molecule has 28 heavy (non-hydrogen) atoms. The second-order valence-electron chi connectivity index (χ2n) is 8.82. The summed E-state index contributed by atoms with van der Waals surface area (Å²) in [6.45, 7) is 11.0. The van der Waals surface area contributed by atoms with Crippen molar-refractivity contribution < 1.29 is 13.9 Å². The van der Waals surface area contributed by atoms with E-state index < -0.39 is 0 Å². The number of rotatable bonds is 7. The van der Waals surface area contributed by atoms with Crippen LogP contribution in [0.4, 0.5) is 4.39 Å². The largest absolute Gasteiger partial charge is 0.379 e. The molecule has 2 aliphatic heterocycles. The van der Waals surface area contributed by atoms with Gasteiger partial charge in [0.1, 0.15) is 5.82 Å². The van der Waals surface area contributed by atoms with Crippen LogP contribution in [0.2, 0.25) is 0 Å². The van der Waals surface area contributed by atoms with Gasteiger partial charge in [-0.2, -0.15) is 0 Å². The molecule has 3 rings (SSSR count). The normalized spacial score (nSPS) is 20.5. The van der Waals surface area contributed by atoms with Gasteiger partial charge in [0.15, 0.2) is 0 Å². The van der Waals surface area contributed by atoms with Crippen LogP contribution in [0.3, 0.4) is 0 Å². The minimum Gasteiger partial charge on any atom is -0.379 e. The minimum atomic E-state index is -0.222. The van der Waals surface area contributed by atoms with E-state index in [1.807, 2.05) is 17.0 Å². The Morgan fingerprint density at radius 1 is 1.11 bits per heavy atom. The van der Waals surface area contributed by atoms with E-state index in [-0.39, 0.29) is 17.6 Å². The first-order valence-corrected chi connectivity index (χ1v) is 10.8. The van der Waals surface area contributed by atoms with Gasteiger partial charge in [-0.3, -0.25) is 9.69 Å². The lowest BCUT2D eigenvalue weighted by Gasteiger charge is -2.36. The number of halogens is 1. The molecule has 1 amide bonds. The summed E-state index contributed by atoms with van der Waals surface area (Å²) in [6.07, 6.45) is 3.66. The Bertz CT molecular complexity index is 606. The van der Waals surface area contributed by atoms with Gasteiger partial charge in [0, 0.05) is 39.1 Å². The van der Waals surface area contributed by atoms with Gasteiger partial charge in [-0.05, 0) is 54.7 Å². The van der Waals surface area contributed by atoms with Crippen LogP contribution in [-0.4, -0.2) is 61.6 Å². The van der Waals surface area contributed by atoms with Crippen LogP contribution in [0.1, 0.15) is 51.0 Å². The Hall–Kier alpha value is -1.46. The smallest absolute Gasteiger partial charge is 0.223 e. The number of piperidine rings is 1. The maximum absolute atomic E-state index is 13.3. The molecule has 0 aliphatic carbocycles. The highest BCUT2D eigenvalue weighted by Gasteiger charge is 2.27. The minimum absolute atomic E-state index is 0.166. The maximum Gasteiger partial charge on any atom is 0.223 e. The first kappa shape index (κ1) is 21.3. The molecule has 2 saturated heterocycles. The van der Waals surface area contributed by atoms with Crippen molar-refractivity contribution in [2.75, 3.05) is 45.9 Å². The topological polar surface area (TPSA) is 32.8 Å². The predicted octanol–water partition coefficient (Wildman–Crippen LogP) is 3.92. The standard InChI is InChI=1S/C23H35FN2O2/c1-18(2)15-21(20-3-5-22(24)6-4-20)16-23(27)26-9-7-19(8-10-26)17-25-11-13-28-14-12-25/h3-6,18-19,21H,7-17H2,1-2H3. The van der Waals surface area contributed by atoms with Crippen molar-refractivity contribution in [2.45, 2.75) is 45.4 Å². The molecule has 0 N–H and O–H groups in total. The summed E-state index contributed by atoms with van der Waals surface area (Å²) in [5.41, 5.74) is 1.07. The summed E-state index contributed by atoms with van der Waals surface area (Å²) < 4.78 is 18.7. The van der Waals surface area contributed by atoms with Crippen molar-refractivity contribution in [3.63, 3.8) is 0 Å². The molecule has 2 heterocycles. The van der Waals surface area contributed by atoms with E-state index in [9.17, 15) is 9.18 Å². The van der Waals surface area contributed by atoms with Crippen LogP contribution in [-0.2, 0) is 9.53 Å². The first-order valence-electron chi connectivity index (χ1n) is 10.8. The molecule has 1 aromatic carbocycles. The van der Waals surface area contributed by atoms with Crippen LogP contribution in [0.5, 0.6) is 0 Å². The molecule has 156 valence electrons. The molecule has 0 spiro atoms. The van der Waals surface area contributed by atoms with Gasteiger partial charge < -0.3 is 9.64 Å². The Labute approximate surface area is 169 Å². The predicted molar refractivity (Wildman–Crippen MR) is 110 cm³/mol. The number of hydrogen-bond donors (Lipinski definition) is 0. The second-order valence-corrected chi connectivity index (χ2v) is 8.82. The van der Waals surface area contributed by atoms with Gasteiger partial charge in [-0.15, -0.1) is 0 Å². The highest BCUT2D eigenvalue weighted by Crippen LogP contribution is 2.29. The molecule has 5 heteroatoms. The molecule has 0 radical (unpaired) electrons. The van der Waals surface area contributed by atoms with Crippen LogP contribution < -0.4 is 0 Å². The molecule has 0 bridgehead atoms. The van der Waals surface area contributed by atoms with Crippen molar-refractivity contribution in [3.05, 3.63) is 35.6 Å². The molecule has 0 aromatic heterocycles. The van der Waals surface area contributed by atoms with Crippen LogP contribution in [0.25, 0.3) is 0 Å². The zero-order chi connectivity index (χ0) is 19.9. The van der Waals surface area contributed by atoms with E-state index in [0.29, 0.717) is 18.3 Å². The SMILES string of the molecule is CC(C)CC(CC(=O)N1CCC(CN2CCOCC2)CC1)c1ccc(F)cc1. The van der Waals surface area contributed by atoms with Gasteiger partial charge in [0.2, 0.25) is 5.91 Å². The first-order chi connectivity index (χ1) is 13.5. The van der Waals surface area contributed by atoms with E-state index in [0.717, 1.165) is 70.8 Å². The number of amides is 1. The number of likely N-dealkylation sites (tertiary alicyclic amines) is 1. The Morgan fingerprint density at radius 3 is 2.36 bits per heavy atom. The van der Waals surface area contributed by atoms with Crippen LogP contribution in [0, 0.1) is 17.7 Å². The summed E-state index contributed by atoms with van der Waals surface area (Å²) in [5, 5.41) is 0. The zero-order valence-electron chi connectivity index (χ0n) is 17.4. The van der Waals surface area contributed by atoms with E-state index >= 15 is 0 Å². The maximum atomic E-state index is 13.3. The summed E-state index contributed by atoms with van der Waals surface area (Å²) in [5.74, 6) is 1.38. The fourth-order valence-corrected chi connectivity index (χ4v) is 4.49. The van der Waals surface area contributed by atoms with Crippen LogP contribution in [0.15, 0.2) is 24.3 Å². The monoisotopic (exact) mass is 390 g/mol. The van der Waals surface area contributed by atoms with Crippen molar-refractivity contribution in [2.24, 2.45) is 11.8 Å². The van der Waals surface area contributed by atoms with Gasteiger partial charge in [-0.25, -0.2) is 4.39 Å². The average Bonchev–Trinajstić information content (AvgIpc) is 2.69. The van der Waals surface area contributed by atoms with E-state index in [2.05, 4.69) is 18.7 Å². The van der Waals surface area contributed by atoms with Gasteiger partial charge in [-0.1, -0.05) is 26.0 Å². The number of hydrogen-bond acceptors (Lipinski definition) is 3.